The van der Waals surface area contributed by atoms with E-state index in [9.17, 15) is 9.59 Å². The normalized spacial score (nSPS) is 16.6. The van der Waals surface area contributed by atoms with Crippen LogP contribution in [0.4, 0.5) is 0 Å². The van der Waals surface area contributed by atoms with Gasteiger partial charge in [0.2, 0.25) is 5.91 Å². The molecule has 0 aliphatic rings. The smallest absolute Gasteiger partial charge is 0.305 e. The lowest BCUT2D eigenvalue weighted by Gasteiger charge is -2.29. The maximum Gasteiger partial charge on any atom is 0.305 e. The summed E-state index contributed by atoms with van der Waals surface area (Å²) in [5, 5.41) is 12.0. The molecule has 0 saturated heterocycles. The molecule has 0 aromatic rings. The molecule has 0 spiro atoms. The highest BCUT2D eigenvalue weighted by Gasteiger charge is 2.26. The minimum atomic E-state index is -0.866. The third-order valence-corrected chi connectivity index (χ3v) is 4.48. The molecule has 0 aliphatic heterocycles. The molecule has 0 aromatic carbocycles. The van der Waals surface area contributed by atoms with E-state index < -0.39 is 5.97 Å². The number of hydrogen-bond acceptors (Lipinski definition) is 3. The highest BCUT2D eigenvalue weighted by atomic mass is 16.4. The molecule has 0 heterocycles. The van der Waals surface area contributed by atoms with Crippen molar-refractivity contribution < 1.29 is 14.7 Å². The topological polar surface area (TPSA) is 92.4 Å². The van der Waals surface area contributed by atoms with Gasteiger partial charge in [-0.05, 0) is 30.7 Å². The molecule has 4 atom stereocenters. The van der Waals surface area contributed by atoms with Gasteiger partial charge in [-0.15, -0.1) is 0 Å². The molecule has 0 aromatic heterocycles. The fraction of sp³-hybridized carbons (Fsp3) is 0.882. The Balaban J connectivity index is 4.61. The van der Waals surface area contributed by atoms with Gasteiger partial charge in [0.1, 0.15) is 0 Å². The Bertz CT molecular complexity index is 334. The number of carbonyl (C=O) groups excluding carboxylic acids is 1. The molecule has 22 heavy (non-hydrogen) atoms. The van der Waals surface area contributed by atoms with Gasteiger partial charge in [0.25, 0.3) is 0 Å². The molecule has 130 valence electrons. The Labute approximate surface area is 135 Å². The summed E-state index contributed by atoms with van der Waals surface area (Å²) in [5.74, 6) is -0.164. The second-order valence-corrected chi connectivity index (χ2v) is 6.64. The number of rotatable bonds is 12. The first kappa shape index (κ1) is 20.9. The van der Waals surface area contributed by atoms with E-state index in [1.165, 1.54) is 0 Å². The average Bonchev–Trinajstić information content (AvgIpc) is 2.42. The number of hydrogen-bond donors (Lipinski definition) is 3. The van der Waals surface area contributed by atoms with Crippen LogP contribution >= 0.6 is 0 Å². The third kappa shape index (κ3) is 9.03. The van der Waals surface area contributed by atoms with Crippen LogP contribution in [-0.4, -0.2) is 29.6 Å². The maximum absolute atomic E-state index is 12.1. The largest absolute Gasteiger partial charge is 0.481 e. The third-order valence-electron chi connectivity index (χ3n) is 4.48. The van der Waals surface area contributed by atoms with Crippen LogP contribution in [0.3, 0.4) is 0 Å². The summed E-state index contributed by atoms with van der Waals surface area (Å²) in [5.41, 5.74) is 5.50. The number of amides is 1. The molecule has 5 heteroatoms. The van der Waals surface area contributed by atoms with Gasteiger partial charge < -0.3 is 16.2 Å². The maximum atomic E-state index is 12.1. The van der Waals surface area contributed by atoms with Gasteiger partial charge in [-0.2, -0.15) is 0 Å². The number of unbranched alkanes of at least 4 members (excludes halogenated alkanes) is 1. The molecule has 1 amide bonds. The summed E-state index contributed by atoms with van der Waals surface area (Å²) in [7, 11) is 0. The molecule has 4 unspecified atom stereocenters. The fourth-order valence-electron chi connectivity index (χ4n) is 2.71. The molecule has 0 bridgehead atoms. The van der Waals surface area contributed by atoms with Crippen molar-refractivity contribution in [2.45, 2.75) is 72.3 Å². The summed E-state index contributed by atoms with van der Waals surface area (Å²) in [6, 6.07) is -0.304. The lowest BCUT2D eigenvalue weighted by atomic mass is 9.84. The Morgan fingerprint density at radius 3 is 2.27 bits per heavy atom. The first-order chi connectivity index (χ1) is 10.3. The Morgan fingerprint density at radius 1 is 1.14 bits per heavy atom. The van der Waals surface area contributed by atoms with Crippen LogP contribution in [0.25, 0.3) is 0 Å². The minimum Gasteiger partial charge on any atom is -0.481 e. The number of carboxylic acid groups (broad SMARTS) is 1. The highest BCUT2D eigenvalue weighted by molar-refractivity contribution is 5.77. The van der Waals surface area contributed by atoms with Gasteiger partial charge in [0, 0.05) is 12.5 Å². The number of carbonyl (C=O) groups is 2. The van der Waals surface area contributed by atoms with Crippen LogP contribution in [0.15, 0.2) is 0 Å². The SMILES string of the molecule is CCCCC(C)C(C)C(CC(=O)O)NC(=O)CC(C)CCN. The van der Waals surface area contributed by atoms with Crippen LogP contribution in [0.2, 0.25) is 0 Å². The van der Waals surface area contributed by atoms with E-state index in [4.69, 9.17) is 10.8 Å². The number of carboxylic acids is 1. The van der Waals surface area contributed by atoms with Crippen molar-refractivity contribution in [2.75, 3.05) is 6.54 Å². The average molecular weight is 314 g/mol. The van der Waals surface area contributed by atoms with Crippen LogP contribution in [-0.2, 0) is 9.59 Å². The molecule has 0 saturated carbocycles. The summed E-state index contributed by atoms with van der Waals surface area (Å²) >= 11 is 0. The van der Waals surface area contributed by atoms with Crippen molar-refractivity contribution in [1.29, 1.82) is 0 Å². The van der Waals surface area contributed by atoms with Crippen LogP contribution < -0.4 is 11.1 Å². The Kier molecular flexibility index (Phi) is 10.9. The van der Waals surface area contributed by atoms with Gasteiger partial charge in [-0.3, -0.25) is 9.59 Å². The van der Waals surface area contributed by atoms with Gasteiger partial charge in [0.05, 0.1) is 6.42 Å². The molecule has 5 nitrogen and oxygen atoms in total. The minimum absolute atomic E-state index is 0.0192. The zero-order valence-electron chi connectivity index (χ0n) is 14.6. The second-order valence-electron chi connectivity index (χ2n) is 6.64. The standard InChI is InChI=1S/C17H34N2O3/c1-5-6-7-13(3)14(4)15(11-17(21)22)19-16(20)10-12(2)8-9-18/h12-15H,5-11,18H2,1-4H3,(H,19,20)(H,21,22). The lowest BCUT2D eigenvalue weighted by Crippen LogP contribution is -2.43. The second kappa shape index (κ2) is 11.5. The molecule has 4 N–H and O–H groups in total. The van der Waals surface area contributed by atoms with E-state index in [2.05, 4.69) is 19.2 Å². The van der Waals surface area contributed by atoms with E-state index >= 15 is 0 Å². The predicted octanol–water partition coefficient (Wildman–Crippen LogP) is 2.78. The first-order valence-corrected chi connectivity index (χ1v) is 8.52. The van der Waals surface area contributed by atoms with Crippen molar-refractivity contribution in [2.24, 2.45) is 23.5 Å². The van der Waals surface area contributed by atoms with E-state index in [-0.39, 0.29) is 30.2 Å². The lowest BCUT2D eigenvalue weighted by molar-refractivity contribution is -0.138. The van der Waals surface area contributed by atoms with Gasteiger partial charge in [-0.25, -0.2) is 0 Å². The Morgan fingerprint density at radius 2 is 1.77 bits per heavy atom. The van der Waals surface area contributed by atoms with Crippen molar-refractivity contribution in [3.05, 3.63) is 0 Å². The molecular weight excluding hydrogens is 280 g/mol. The van der Waals surface area contributed by atoms with E-state index in [0.29, 0.717) is 18.9 Å². The summed E-state index contributed by atoms with van der Waals surface area (Å²) in [4.78, 5) is 23.2. The van der Waals surface area contributed by atoms with Gasteiger partial charge >= 0.3 is 5.97 Å². The quantitative estimate of drug-likeness (QED) is 0.516. The van der Waals surface area contributed by atoms with Crippen LogP contribution in [0.5, 0.6) is 0 Å². The van der Waals surface area contributed by atoms with Crippen LogP contribution in [0.1, 0.15) is 66.2 Å². The fourth-order valence-corrected chi connectivity index (χ4v) is 2.71. The molecule has 0 fully saturated rings. The summed E-state index contributed by atoms with van der Waals surface area (Å²) < 4.78 is 0. The van der Waals surface area contributed by atoms with E-state index in [1.54, 1.807) is 0 Å². The molecule has 0 radical (unpaired) electrons. The zero-order chi connectivity index (χ0) is 17.1. The summed E-state index contributed by atoms with van der Waals surface area (Å²) in [6.07, 6.45) is 4.52. The van der Waals surface area contributed by atoms with Crippen molar-refractivity contribution >= 4 is 11.9 Å². The van der Waals surface area contributed by atoms with Crippen molar-refractivity contribution in [1.82, 2.24) is 5.32 Å². The molecule has 0 rings (SSSR count). The Hall–Kier alpha value is -1.10. The monoisotopic (exact) mass is 314 g/mol. The number of aliphatic carboxylic acids is 1. The predicted molar refractivity (Wildman–Crippen MR) is 89.5 cm³/mol. The van der Waals surface area contributed by atoms with Gasteiger partial charge in [0.15, 0.2) is 0 Å². The number of nitrogens with one attached hydrogen (secondary N) is 1. The molecular formula is C17H34N2O3. The van der Waals surface area contributed by atoms with Gasteiger partial charge in [-0.1, -0.05) is 47.0 Å². The van der Waals surface area contributed by atoms with Crippen molar-refractivity contribution in [3.8, 4) is 0 Å². The van der Waals surface area contributed by atoms with E-state index in [1.807, 2.05) is 13.8 Å². The van der Waals surface area contributed by atoms with Crippen molar-refractivity contribution in [3.63, 3.8) is 0 Å². The van der Waals surface area contributed by atoms with E-state index in [0.717, 1.165) is 25.7 Å². The summed E-state index contributed by atoms with van der Waals surface area (Å²) in [6.45, 7) is 8.88. The highest BCUT2D eigenvalue weighted by Crippen LogP contribution is 2.23. The molecule has 0 aliphatic carbocycles. The number of nitrogens with two attached hydrogens (primary N) is 1. The first-order valence-electron chi connectivity index (χ1n) is 8.52. The zero-order valence-corrected chi connectivity index (χ0v) is 14.6. The van der Waals surface area contributed by atoms with Crippen LogP contribution in [0, 0.1) is 17.8 Å².